The Kier molecular flexibility index (Phi) is 6.96. The van der Waals surface area contributed by atoms with Gasteiger partial charge in [-0.1, -0.05) is 12.1 Å². The molecule has 2 aromatic rings. The monoisotopic (exact) mass is 483 g/mol. The van der Waals surface area contributed by atoms with E-state index >= 15 is 0 Å². The van der Waals surface area contributed by atoms with Crippen LogP contribution in [-0.2, 0) is 14.3 Å². The number of ether oxygens (including phenoxy) is 2. The number of anilines is 1. The van der Waals surface area contributed by atoms with Crippen molar-refractivity contribution in [3.8, 4) is 0 Å². The second kappa shape index (κ2) is 9.92. The van der Waals surface area contributed by atoms with E-state index in [9.17, 15) is 27.6 Å². The summed E-state index contributed by atoms with van der Waals surface area (Å²) in [6.07, 6.45) is -5.17. The minimum atomic E-state index is -4.60. The molecular weight excluding hydrogens is 459 g/mol. The minimum absolute atomic E-state index is 0.0321. The van der Waals surface area contributed by atoms with Gasteiger partial charge in [0.1, 0.15) is 11.3 Å². The Morgan fingerprint density at radius 1 is 1.03 bits per heavy atom. The van der Waals surface area contributed by atoms with Crippen LogP contribution in [0.1, 0.15) is 23.4 Å². The standard InChI is InChI=1S/C22H24F3N3O6/c23-22(24,25)13-33-21(31)28-7-5-14(6-8-28)19(29)26-17-15-3-1-2-4-16(15)34-18(17)20(30)27-9-11-32-12-10-27/h1-4,14H,5-13H2,(H,26,29). The predicted molar refractivity (Wildman–Crippen MR) is 113 cm³/mol. The highest BCUT2D eigenvalue weighted by molar-refractivity contribution is 6.11. The fourth-order valence-corrected chi connectivity index (χ4v) is 4.01. The first-order chi connectivity index (χ1) is 16.2. The van der Waals surface area contributed by atoms with Crippen LogP contribution in [0.4, 0.5) is 23.7 Å². The van der Waals surface area contributed by atoms with Crippen LogP contribution in [0.3, 0.4) is 0 Å². The fourth-order valence-electron chi connectivity index (χ4n) is 4.01. The second-order valence-corrected chi connectivity index (χ2v) is 8.13. The normalized spacial score (nSPS) is 17.6. The van der Waals surface area contributed by atoms with Crippen LogP contribution < -0.4 is 5.32 Å². The maximum atomic E-state index is 13.1. The Bertz CT molecular complexity index is 1060. The lowest BCUT2D eigenvalue weighted by Gasteiger charge is -2.30. The van der Waals surface area contributed by atoms with Gasteiger partial charge in [-0.05, 0) is 25.0 Å². The van der Waals surface area contributed by atoms with Gasteiger partial charge in [0.15, 0.2) is 6.61 Å². The van der Waals surface area contributed by atoms with Crippen LogP contribution in [0.2, 0.25) is 0 Å². The molecule has 0 bridgehead atoms. The number of furan rings is 1. The average Bonchev–Trinajstić information content (AvgIpc) is 3.20. The number of nitrogens with one attached hydrogen (secondary N) is 1. The molecule has 0 unspecified atom stereocenters. The van der Waals surface area contributed by atoms with Crippen LogP contribution in [-0.4, -0.2) is 79.9 Å². The number of rotatable bonds is 4. The van der Waals surface area contributed by atoms with Gasteiger partial charge in [-0.2, -0.15) is 13.2 Å². The Hall–Kier alpha value is -3.28. The van der Waals surface area contributed by atoms with Gasteiger partial charge in [0.05, 0.1) is 13.2 Å². The Labute approximate surface area is 192 Å². The molecule has 0 radical (unpaired) electrons. The third-order valence-corrected chi connectivity index (χ3v) is 5.82. The molecular formula is C22H24F3N3O6. The number of amides is 3. The summed E-state index contributed by atoms with van der Waals surface area (Å²) in [5.41, 5.74) is 0.737. The molecule has 1 N–H and O–H groups in total. The number of para-hydroxylation sites is 1. The molecule has 0 atom stereocenters. The molecule has 0 aliphatic carbocycles. The first-order valence-corrected chi connectivity index (χ1v) is 10.9. The zero-order valence-electron chi connectivity index (χ0n) is 18.2. The van der Waals surface area contributed by atoms with Crippen molar-refractivity contribution in [2.24, 2.45) is 5.92 Å². The summed E-state index contributed by atoms with van der Waals surface area (Å²) in [5, 5.41) is 3.40. The van der Waals surface area contributed by atoms with Crippen molar-refractivity contribution in [3.63, 3.8) is 0 Å². The van der Waals surface area contributed by atoms with Gasteiger partial charge in [0, 0.05) is 37.5 Å². The van der Waals surface area contributed by atoms with Crippen molar-refractivity contribution in [3.05, 3.63) is 30.0 Å². The number of fused-ring (bicyclic) bond motifs is 1. The second-order valence-electron chi connectivity index (χ2n) is 8.13. The van der Waals surface area contributed by atoms with E-state index in [1.807, 2.05) is 0 Å². The summed E-state index contributed by atoms with van der Waals surface area (Å²) >= 11 is 0. The molecule has 2 saturated heterocycles. The predicted octanol–water partition coefficient (Wildman–Crippen LogP) is 3.25. The highest BCUT2D eigenvalue weighted by atomic mass is 19.4. The lowest BCUT2D eigenvalue weighted by Crippen LogP contribution is -2.43. The Balaban J connectivity index is 1.43. The van der Waals surface area contributed by atoms with Crippen LogP contribution in [0.15, 0.2) is 28.7 Å². The van der Waals surface area contributed by atoms with Crippen LogP contribution in [0.25, 0.3) is 11.0 Å². The average molecular weight is 483 g/mol. The van der Waals surface area contributed by atoms with Crippen molar-refractivity contribution in [1.82, 2.24) is 9.80 Å². The number of carbonyl (C=O) groups excluding carboxylic acids is 3. The van der Waals surface area contributed by atoms with E-state index in [0.29, 0.717) is 37.3 Å². The van der Waals surface area contributed by atoms with Crippen molar-refractivity contribution in [2.75, 3.05) is 51.3 Å². The Morgan fingerprint density at radius 2 is 1.71 bits per heavy atom. The summed E-state index contributed by atoms with van der Waals surface area (Å²) in [7, 11) is 0. The summed E-state index contributed by atoms with van der Waals surface area (Å²) in [5.74, 6) is -1.17. The number of carbonyl (C=O) groups is 3. The van der Waals surface area contributed by atoms with Gasteiger partial charge >= 0.3 is 12.3 Å². The quantitative estimate of drug-likeness (QED) is 0.717. The van der Waals surface area contributed by atoms with E-state index < -0.39 is 24.8 Å². The number of hydrogen-bond acceptors (Lipinski definition) is 6. The summed E-state index contributed by atoms with van der Waals surface area (Å²) in [6.45, 7) is 0.161. The Morgan fingerprint density at radius 3 is 2.38 bits per heavy atom. The van der Waals surface area contributed by atoms with E-state index in [4.69, 9.17) is 9.15 Å². The molecule has 1 aromatic heterocycles. The molecule has 3 heterocycles. The smallest absolute Gasteiger partial charge is 0.422 e. The number of likely N-dealkylation sites (tertiary alicyclic amines) is 1. The first-order valence-electron chi connectivity index (χ1n) is 10.9. The van der Waals surface area contributed by atoms with Crippen molar-refractivity contribution >= 4 is 34.6 Å². The van der Waals surface area contributed by atoms with Gasteiger partial charge in [-0.3, -0.25) is 9.59 Å². The zero-order chi connectivity index (χ0) is 24.3. The molecule has 3 amide bonds. The number of piperidine rings is 1. The largest absolute Gasteiger partial charge is 0.449 e. The molecule has 0 spiro atoms. The zero-order valence-corrected chi connectivity index (χ0v) is 18.2. The highest BCUT2D eigenvalue weighted by Gasteiger charge is 2.34. The van der Waals surface area contributed by atoms with Crippen LogP contribution in [0, 0.1) is 5.92 Å². The SMILES string of the molecule is O=C(Nc1c(C(=O)N2CCOCC2)oc2ccccc12)C1CCN(C(=O)OCC(F)(F)F)CC1. The van der Waals surface area contributed by atoms with Gasteiger partial charge in [0.25, 0.3) is 5.91 Å². The number of alkyl halides is 3. The fraction of sp³-hybridized carbons (Fsp3) is 0.500. The van der Waals surface area contributed by atoms with Crippen LogP contribution >= 0.6 is 0 Å². The summed E-state index contributed by atoms with van der Waals surface area (Å²) in [6, 6.07) is 6.96. The van der Waals surface area contributed by atoms with Gasteiger partial charge in [-0.15, -0.1) is 0 Å². The number of benzene rings is 1. The van der Waals surface area contributed by atoms with E-state index in [1.165, 1.54) is 0 Å². The number of hydrogen-bond donors (Lipinski definition) is 1. The molecule has 12 heteroatoms. The third kappa shape index (κ3) is 5.44. The minimum Gasteiger partial charge on any atom is -0.449 e. The molecule has 184 valence electrons. The summed E-state index contributed by atoms with van der Waals surface area (Å²) in [4.78, 5) is 40.7. The van der Waals surface area contributed by atoms with Crippen molar-refractivity contribution in [1.29, 1.82) is 0 Å². The van der Waals surface area contributed by atoms with E-state index in [1.54, 1.807) is 29.2 Å². The lowest BCUT2D eigenvalue weighted by molar-refractivity contribution is -0.162. The van der Waals surface area contributed by atoms with Crippen molar-refractivity contribution in [2.45, 2.75) is 19.0 Å². The van der Waals surface area contributed by atoms with Gasteiger partial charge in [-0.25, -0.2) is 4.79 Å². The van der Waals surface area contributed by atoms with E-state index in [0.717, 1.165) is 4.90 Å². The van der Waals surface area contributed by atoms with Crippen molar-refractivity contribution < 1.29 is 41.4 Å². The molecule has 2 aliphatic heterocycles. The van der Waals surface area contributed by atoms with E-state index in [2.05, 4.69) is 10.1 Å². The third-order valence-electron chi connectivity index (χ3n) is 5.82. The topological polar surface area (TPSA) is 101 Å². The number of halogens is 3. The lowest BCUT2D eigenvalue weighted by atomic mass is 9.96. The molecule has 1 aromatic carbocycles. The van der Waals surface area contributed by atoms with Crippen LogP contribution in [0.5, 0.6) is 0 Å². The molecule has 2 fully saturated rings. The maximum absolute atomic E-state index is 13.1. The van der Waals surface area contributed by atoms with Gasteiger partial charge in [0.2, 0.25) is 11.7 Å². The molecule has 4 rings (SSSR count). The molecule has 2 aliphatic rings. The first kappa shape index (κ1) is 23.9. The number of nitrogens with zero attached hydrogens (tertiary/aromatic N) is 2. The molecule has 0 saturated carbocycles. The van der Waals surface area contributed by atoms with E-state index in [-0.39, 0.29) is 49.2 Å². The highest BCUT2D eigenvalue weighted by Crippen LogP contribution is 2.33. The maximum Gasteiger partial charge on any atom is 0.422 e. The van der Waals surface area contributed by atoms with Gasteiger partial charge < -0.3 is 29.0 Å². The molecule has 34 heavy (non-hydrogen) atoms. The number of morpholine rings is 1. The molecule has 9 nitrogen and oxygen atoms in total. The summed E-state index contributed by atoms with van der Waals surface area (Å²) < 4.78 is 52.1.